The molecular formula is C15H27N3S. The Labute approximate surface area is 121 Å². The first-order chi connectivity index (χ1) is 8.91. The van der Waals surface area contributed by atoms with Gasteiger partial charge in [0.25, 0.3) is 0 Å². The van der Waals surface area contributed by atoms with Crippen LogP contribution in [-0.4, -0.2) is 21.3 Å². The molecule has 0 radical (unpaired) electrons. The summed E-state index contributed by atoms with van der Waals surface area (Å²) < 4.78 is 0.248. The molecule has 0 amide bonds. The van der Waals surface area contributed by atoms with Crippen LogP contribution in [0.1, 0.15) is 57.4 Å². The van der Waals surface area contributed by atoms with Gasteiger partial charge >= 0.3 is 0 Å². The maximum Gasteiger partial charge on any atom is 0.138 e. The van der Waals surface area contributed by atoms with Crippen LogP contribution in [0.2, 0.25) is 0 Å². The molecule has 0 aliphatic carbocycles. The summed E-state index contributed by atoms with van der Waals surface area (Å²) in [4.78, 5) is 9.47. The summed E-state index contributed by atoms with van der Waals surface area (Å²) in [5, 5.41) is 0. The number of rotatable bonds is 6. The Morgan fingerprint density at radius 3 is 1.95 bits per heavy atom. The number of aromatic nitrogens is 2. The van der Waals surface area contributed by atoms with Crippen molar-refractivity contribution in [1.82, 2.24) is 9.97 Å². The zero-order valence-electron chi connectivity index (χ0n) is 12.9. The molecule has 0 spiro atoms. The van der Waals surface area contributed by atoms with Gasteiger partial charge in [-0.05, 0) is 31.4 Å². The Morgan fingerprint density at radius 1 is 1.05 bits per heavy atom. The minimum atomic E-state index is 0.248. The predicted molar refractivity (Wildman–Crippen MR) is 84.6 cm³/mol. The van der Waals surface area contributed by atoms with Gasteiger partial charge in [0.1, 0.15) is 5.82 Å². The lowest BCUT2D eigenvalue weighted by atomic mass is 10.0. The highest BCUT2D eigenvalue weighted by atomic mass is 32.2. The van der Waals surface area contributed by atoms with Gasteiger partial charge in [0.15, 0.2) is 0 Å². The van der Waals surface area contributed by atoms with Gasteiger partial charge in [-0.1, -0.05) is 34.6 Å². The van der Waals surface area contributed by atoms with Crippen molar-refractivity contribution in [3.8, 4) is 0 Å². The minimum absolute atomic E-state index is 0.248. The van der Waals surface area contributed by atoms with Gasteiger partial charge < -0.3 is 5.73 Å². The summed E-state index contributed by atoms with van der Waals surface area (Å²) in [6.45, 7) is 11.6. The first-order valence-corrected chi connectivity index (χ1v) is 8.11. The molecule has 1 aromatic rings. The smallest absolute Gasteiger partial charge is 0.138 e. The van der Waals surface area contributed by atoms with E-state index in [0.717, 1.165) is 30.8 Å². The van der Waals surface area contributed by atoms with Gasteiger partial charge in [0, 0.05) is 16.1 Å². The standard InChI is InChI=1S/C15H27N3S/c1-6-12-11(8-9-16)13(7-2)18-14(17-12)10-19-15(3,4)5/h6-10,16H2,1-5H3. The van der Waals surface area contributed by atoms with Crippen LogP contribution >= 0.6 is 11.8 Å². The van der Waals surface area contributed by atoms with Crippen molar-refractivity contribution < 1.29 is 0 Å². The molecule has 0 aliphatic rings. The molecule has 0 aromatic carbocycles. The molecule has 3 nitrogen and oxygen atoms in total. The molecule has 0 bridgehead atoms. The number of thioether (sulfide) groups is 1. The van der Waals surface area contributed by atoms with Crippen LogP contribution in [-0.2, 0) is 25.0 Å². The second kappa shape index (κ2) is 7.25. The number of hydrogen-bond acceptors (Lipinski definition) is 4. The molecule has 4 heteroatoms. The molecule has 1 rings (SSSR count). The second-order valence-corrected chi connectivity index (χ2v) is 7.46. The number of nitrogens with zero attached hydrogens (tertiary/aromatic N) is 2. The molecule has 0 saturated carbocycles. The highest BCUT2D eigenvalue weighted by Gasteiger charge is 2.15. The van der Waals surface area contributed by atoms with E-state index < -0.39 is 0 Å². The van der Waals surface area contributed by atoms with Gasteiger partial charge in [-0.2, -0.15) is 0 Å². The van der Waals surface area contributed by atoms with E-state index in [1.807, 2.05) is 11.8 Å². The van der Waals surface area contributed by atoms with E-state index in [4.69, 9.17) is 15.7 Å². The summed E-state index contributed by atoms with van der Waals surface area (Å²) in [6.07, 6.45) is 2.80. The van der Waals surface area contributed by atoms with Crippen LogP contribution < -0.4 is 5.73 Å². The molecular weight excluding hydrogens is 254 g/mol. The van der Waals surface area contributed by atoms with Crippen molar-refractivity contribution >= 4 is 11.8 Å². The Kier molecular flexibility index (Phi) is 6.27. The monoisotopic (exact) mass is 281 g/mol. The van der Waals surface area contributed by atoms with Crippen molar-refractivity contribution in [1.29, 1.82) is 0 Å². The fourth-order valence-corrected chi connectivity index (χ4v) is 2.69. The van der Waals surface area contributed by atoms with Crippen molar-refractivity contribution in [3.05, 3.63) is 22.8 Å². The normalized spacial score (nSPS) is 11.9. The number of aryl methyl sites for hydroxylation is 2. The van der Waals surface area contributed by atoms with Crippen molar-refractivity contribution in [3.63, 3.8) is 0 Å². The molecule has 19 heavy (non-hydrogen) atoms. The molecule has 0 aliphatic heterocycles. The van der Waals surface area contributed by atoms with Crippen LogP contribution in [0.5, 0.6) is 0 Å². The van der Waals surface area contributed by atoms with Crippen LogP contribution in [0, 0.1) is 0 Å². The lowest BCUT2D eigenvalue weighted by Crippen LogP contribution is -2.14. The average Bonchev–Trinajstić information content (AvgIpc) is 2.36. The lowest BCUT2D eigenvalue weighted by molar-refractivity contribution is 0.790. The van der Waals surface area contributed by atoms with Crippen LogP contribution in [0.25, 0.3) is 0 Å². The second-order valence-electron chi connectivity index (χ2n) is 5.66. The van der Waals surface area contributed by atoms with Gasteiger partial charge in [0.2, 0.25) is 0 Å². The Morgan fingerprint density at radius 2 is 1.58 bits per heavy atom. The molecule has 0 unspecified atom stereocenters. The topological polar surface area (TPSA) is 51.8 Å². The maximum atomic E-state index is 5.70. The van der Waals surface area contributed by atoms with E-state index in [1.54, 1.807) is 0 Å². The van der Waals surface area contributed by atoms with E-state index in [0.29, 0.717) is 6.54 Å². The molecule has 0 fully saturated rings. The highest BCUT2D eigenvalue weighted by molar-refractivity contribution is 7.99. The van der Waals surface area contributed by atoms with E-state index in [2.05, 4.69) is 34.6 Å². The summed E-state index contributed by atoms with van der Waals surface area (Å²) in [5.74, 6) is 1.85. The first-order valence-electron chi connectivity index (χ1n) is 7.12. The Balaban J connectivity index is 3.01. The van der Waals surface area contributed by atoms with E-state index in [-0.39, 0.29) is 4.75 Å². The van der Waals surface area contributed by atoms with E-state index >= 15 is 0 Å². The molecule has 0 atom stereocenters. The summed E-state index contributed by atoms with van der Waals surface area (Å²) >= 11 is 1.89. The molecule has 1 aromatic heterocycles. The first kappa shape index (κ1) is 16.4. The van der Waals surface area contributed by atoms with E-state index in [9.17, 15) is 0 Å². The summed E-state index contributed by atoms with van der Waals surface area (Å²) in [5.41, 5.74) is 9.34. The average molecular weight is 281 g/mol. The molecule has 108 valence electrons. The van der Waals surface area contributed by atoms with Crippen LogP contribution in [0.15, 0.2) is 0 Å². The number of nitrogens with two attached hydrogens (primary N) is 1. The Hall–Kier alpha value is -0.610. The van der Waals surface area contributed by atoms with Gasteiger partial charge in [0.05, 0.1) is 5.75 Å². The maximum absolute atomic E-state index is 5.70. The van der Waals surface area contributed by atoms with E-state index in [1.165, 1.54) is 17.0 Å². The van der Waals surface area contributed by atoms with Crippen LogP contribution in [0.4, 0.5) is 0 Å². The van der Waals surface area contributed by atoms with Gasteiger partial charge in [-0.15, -0.1) is 11.8 Å². The molecule has 2 N–H and O–H groups in total. The highest BCUT2D eigenvalue weighted by Crippen LogP contribution is 2.26. The third kappa shape index (κ3) is 5.11. The van der Waals surface area contributed by atoms with Gasteiger partial charge in [-0.3, -0.25) is 0 Å². The van der Waals surface area contributed by atoms with Gasteiger partial charge in [-0.25, -0.2) is 9.97 Å². The molecule has 1 heterocycles. The predicted octanol–water partition coefficient (Wildman–Crippen LogP) is 3.13. The number of hydrogen-bond donors (Lipinski definition) is 1. The molecule has 0 saturated heterocycles. The van der Waals surface area contributed by atoms with Crippen molar-refractivity contribution in [2.45, 2.75) is 64.4 Å². The third-order valence-electron chi connectivity index (χ3n) is 2.92. The lowest BCUT2D eigenvalue weighted by Gasteiger charge is -2.18. The van der Waals surface area contributed by atoms with Crippen molar-refractivity contribution in [2.24, 2.45) is 5.73 Å². The zero-order valence-corrected chi connectivity index (χ0v) is 13.7. The quantitative estimate of drug-likeness (QED) is 0.870. The van der Waals surface area contributed by atoms with Crippen molar-refractivity contribution in [2.75, 3.05) is 6.54 Å². The summed E-state index contributed by atoms with van der Waals surface area (Å²) in [7, 11) is 0. The largest absolute Gasteiger partial charge is 0.330 e. The Bertz CT molecular complexity index is 385. The fraction of sp³-hybridized carbons (Fsp3) is 0.733. The third-order valence-corrected chi connectivity index (χ3v) is 4.19. The van der Waals surface area contributed by atoms with Crippen LogP contribution in [0.3, 0.4) is 0 Å². The fourth-order valence-electron chi connectivity index (χ4n) is 2.00. The SMILES string of the molecule is CCc1nc(CSC(C)(C)C)nc(CC)c1CCN. The summed E-state index contributed by atoms with van der Waals surface area (Å²) in [6, 6.07) is 0. The zero-order chi connectivity index (χ0) is 14.5. The minimum Gasteiger partial charge on any atom is -0.330 e.